The van der Waals surface area contributed by atoms with Crippen molar-refractivity contribution < 1.29 is 24.2 Å². The Kier molecular flexibility index (Phi) is 5.86. The van der Waals surface area contributed by atoms with Gasteiger partial charge in [0.2, 0.25) is 5.91 Å². The Hall–Kier alpha value is -2.48. The van der Waals surface area contributed by atoms with Crippen LogP contribution in [0.3, 0.4) is 0 Å². The summed E-state index contributed by atoms with van der Waals surface area (Å²) in [6, 6.07) is 4.54. The summed E-state index contributed by atoms with van der Waals surface area (Å²) in [6.07, 6.45) is -0.402. The fourth-order valence-electron chi connectivity index (χ4n) is 2.52. The van der Waals surface area contributed by atoms with Crippen molar-refractivity contribution in [1.82, 2.24) is 10.6 Å². The lowest BCUT2D eigenvalue weighted by Crippen LogP contribution is -2.45. The van der Waals surface area contributed by atoms with Gasteiger partial charge in [-0.05, 0) is 19.1 Å². The molecule has 1 fully saturated rings. The first-order chi connectivity index (χ1) is 11.4. The van der Waals surface area contributed by atoms with E-state index in [1.807, 2.05) is 0 Å². The van der Waals surface area contributed by atoms with Gasteiger partial charge in [-0.3, -0.25) is 4.79 Å². The summed E-state index contributed by atoms with van der Waals surface area (Å²) in [5.74, 6) is 1.04. The highest BCUT2D eigenvalue weighted by atomic mass is 16.5. The number of methoxy groups -OCH3 is 2. The van der Waals surface area contributed by atoms with E-state index in [9.17, 15) is 9.59 Å². The quantitative estimate of drug-likeness (QED) is 0.701. The van der Waals surface area contributed by atoms with E-state index in [-0.39, 0.29) is 24.9 Å². The first-order valence-electron chi connectivity index (χ1n) is 7.69. The molecule has 1 aromatic carbocycles. The Balaban J connectivity index is 2.01. The van der Waals surface area contributed by atoms with Crippen molar-refractivity contribution in [2.75, 3.05) is 32.2 Å². The normalized spacial score (nSPS) is 18.2. The summed E-state index contributed by atoms with van der Waals surface area (Å²) in [4.78, 5) is 25.6. The van der Waals surface area contributed by atoms with E-state index in [4.69, 9.17) is 14.6 Å². The maximum atomic E-state index is 12.2. The number of hydrogen-bond acceptors (Lipinski definition) is 5. The van der Waals surface area contributed by atoms with E-state index in [1.165, 1.54) is 7.11 Å². The SMILES string of the molecule is COc1ccc(N2C[C@@H](NC(=O)NC[C@@H](C)O)CC2=O)cc1OC. The van der Waals surface area contributed by atoms with Gasteiger partial charge in [-0.1, -0.05) is 0 Å². The van der Waals surface area contributed by atoms with Gasteiger partial charge < -0.3 is 30.1 Å². The fourth-order valence-corrected chi connectivity index (χ4v) is 2.52. The number of hydrogen-bond donors (Lipinski definition) is 3. The Labute approximate surface area is 140 Å². The van der Waals surface area contributed by atoms with Crippen molar-refractivity contribution >= 4 is 17.6 Å². The van der Waals surface area contributed by atoms with Gasteiger partial charge in [-0.25, -0.2) is 4.79 Å². The number of aliphatic hydroxyl groups excluding tert-OH is 1. The molecule has 2 rings (SSSR count). The van der Waals surface area contributed by atoms with Crippen LogP contribution in [0.4, 0.5) is 10.5 Å². The highest BCUT2D eigenvalue weighted by molar-refractivity contribution is 5.97. The van der Waals surface area contributed by atoms with Crippen molar-refractivity contribution in [2.24, 2.45) is 0 Å². The molecule has 1 aliphatic rings. The molecule has 0 bridgehead atoms. The number of carbonyl (C=O) groups excluding carboxylic acids is 2. The fraction of sp³-hybridized carbons (Fsp3) is 0.500. The third kappa shape index (κ3) is 4.29. The molecule has 8 nitrogen and oxygen atoms in total. The van der Waals surface area contributed by atoms with Gasteiger partial charge in [-0.15, -0.1) is 0 Å². The molecule has 0 spiro atoms. The van der Waals surface area contributed by atoms with Crippen LogP contribution in [0.2, 0.25) is 0 Å². The van der Waals surface area contributed by atoms with Crippen LogP contribution in [0.15, 0.2) is 18.2 Å². The summed E-state index contributed by atoms with van der Waals surface area (Å²) in [5.41, 5.74) is 0.686. The maximum absolute atomic E-state index is 12.2. The summed E-state index contributed by atoms with van der Waals surface area (Å²) in [7, 11) is 3.08. The molecule has 1 aromatic rings. The van der Waals surface area contributed by atoms with Gasteiger partial charge in [0.25, 0.3) is 0 Å². The van der Waals surface area contributed by atoms with Crippen LogP contribution in [0.5, 0.6) is 11.5 Å². The second-order valence-corrected chi connectivity index (χ2v) is 5.65. The first kappa shape index (κ1) is 17.9. The summed E-state index contributed by atoms with van der Waals surface area (Å²) < 4.78 is 10.4. The Morgan fingerprint density at radius 2 is 2.08 bits per heavy atom. The Bertz CT molecular complexity index is 605. The standard InChI is InChI=1S/C16H23N3O5/c1-10(20)8-17-16(22)18-11-6-15(21)19(9-11)12-4-5-13(23-2)14(7-12)24-3/h4-5,7,10-11,20H,6,8-9H2,1-3H3,(H2,17,18,22)/t10-,11+/m1/s1. The largest absolute Gasteiger partial charge is 0.493 e. The molecule has 1 saturated heterocycles. The molecule has 0 saturated carbocycles. The predicted molar refractivity (Wildman–Crippen MR) is 88.5 cm³/mol. The molecule has 8 heteroatoms. The van der Waals surface area contributed by atoms with Crippen LogP contribution < -0.4 is 25.0 Å². The van der Waals surface area contributed by atoms with Crippen LogP contribution in [-0.2, 0) is 4.79 Å². The van der Waals surface area contributed by atoms with Crippen molar-refractivity contribution in [2.45, 2.75) is 25.5 Å². The lowest BCUT2D eigenvalue weighted by molar-refractivity contribution is -0.117. The molecule has 24 heavy (non-hydrogen) atoms. The van der Waals surface area contributed by atoms with Gasteiger partial charge in [0.1, 0.15) is 0 Å². The van der Waals surface area contributed by atoms with E-state index < -0.39 is 12.1 Å². The molecule has 2 atom stereocenters. The molecular formula is C16H23N3O5. The van der Waals surface area contributed by atoms with Crippen LogP contribution in [0, 0.1) is 0 Å². The van der Waals surface area contributed by atoms with Crippen LogP contribution in [0.25, 0.3) is 0 Å². The number of nitrogens with zero attached hydrogens (tertiary/aromatic N) is 1. The van der Waals surface area contributed by atoms with Crippen LogP contribution >= 0.6 is 0 Å². The van der Waals surface area contributed by atoms with Crippen LogP contribution in [-0.4, -0.2) is 56.5 Å². The average Bonchev–Trinajstić information content (AvgIpc) is 2.92. The third-order valence-electron chi connectivity index (χ3n) is 3.70. The molecule has 0 aromatic heterocycles. The molecule has 0 radical (unpaired) electrons. The molecule has 3 amide bonds. The molecule has 1 aliphatic heterocycles. The van der Waals surface area contributed by atoms with Crippen molar-refractivity contribution in [3.63, 3.8) is 0 Å². The Morgan fingerprint density at radius 3 is 2.71 bits per heavy atom. The van der Waals surface area contributed by atoms with Gasteiger partial charge in [0.15, 0.2) is 11.5 Å². The highest BCUT2D eigenvalue weighted by Gasteiger charge is 2.32. The van der Waals surface area contributed by atoms with E-state index in [2.05, 4.69) is 10.6 Å². The van der Waals surface area contributed by atoms with Crippen molar-refractivity contribution in [1.29, 1.82) is 0 Å². The number of aliphatic hydroxyl groups is 1. The number of amides is 3. The van der Waals surface area contributed by atoms with Crippen molar-refractivity contribution in [3.8, 4) is 11.5 Å². The van der Waals surface area contributed by atoms with Gasteiger partial charge in [0.05, 0.1) is 26.4 Å². The summed E-state index contributed by atoms with van der Waals surface area (Å²) in [5, 5.41) is 14.4. The van der Waals surface area contributed by atoms with E-state index >= 15 is 0 Å². The zero-order valence-corrected chi connectivity index (χ0v) is 14.0. The van der Waals surface area contributed by atoms with E-state index in [1.54, 1.807) is 37.1 Å². The predicted octanol–water partition coefficient (Wildman–Crippen LogP) is 0.489. The minimum Gasteiger partial charge on any atom is -0.493 e. The Morgan fingerprint density at radius 1 is 1.38 bits per heavy atom. The van der Waals surface area contributed by atoms with Gasteiger partial charge in [-0.2, -0.15) is 0 Å². The smallest absolute Gasteiger partial charge is 0.315 e. The lowest BCUT2D eigenvalue weighted by atomic mass is 10.2. The summed E-state index contributed by atoms with van der Waals surface area (Å²) >= 11 is 0. The molecule has 1 heterocycles. The van der Waals surface area contributed by atoms with Crippen molar-refractivity contribution in [3.05, 3.63) is 18.2 Å². The zero-order chi connectivity index (χ0) is 17.7. The number of nitrogens with one attached hydrogen (secondary N) is 2. The van der Waals surface area contributed by atoms with Gasteiger partial charge in [0, 0.05) is 31.3 Å². The lowest BCUT2D eigenvalue weighted by Gasteiger charge is -2.19. The molecule has 0 aliphatic carbocycles. The molecule has 0 unspecified atom stereocenters. The highest BCUT2D eigenvalue weighted by Crippen LogP contribution is 2.33. The van der Waals surface area contributed by atoms with E-state index in [0.717, 1.165) is 0 Å². The monoisotopic (exact) mass is 337 g/mol. The topological polar surface area (TPSA) is 100 Å². The average molecular weight is 337 g/mol. The number of rotatable bonds is 6. The molecule has 132 valence electrons. The molecule has 3 N–H and O–H groups in total. The zero-order valence-electron chi connectivity index (χ0n) is 14.0. The number of benzene rings is 1. The number of anilines is 1. The number of urea groups is 1. The minimum atomic E-state index is -0.621. The maximum Gasteiger partial charge on any atom is 0.315 e. The number of carbonyl (C=O) groups is 2. The number of ether oxygens (including phenoxy) is 2. The third-order valence-corrected chi connectivity index (χ3v) is 3.70. The minimum absolute atomic E-state index is 0.0805. The summed E-state index contributed by atoms with van der Waals surface area (Å²) in [6.45, 7) is 2.11. The van der Waals surface area contributed by atoms with Crippen LogP contribution in [0.1, 0.15) is 13.3 Å². The molecular weight excluding hydrogens is 314 g/mol. The van der Waals surface area contributed by atoms with Gasteiger partial charge >= 0.3 is 6.03 Å². The van der Waals surface area contributed by atoms with E-state index in [0.29, 0.717) is 23.7 Å². The second kappa shape index (κ2) is 7.87. The second-order valence-electron chi connectivity index (χ2n) is 5.65. The first-order valence-corrected chi connectivity index (χ1v) is 7.69.